The predicted octanol–water partition coefficient (Wildman–Crippen LogP) is 7.11. The lowest BCUT2D eigenvalue weighted by molar-refractivity contribution is -0.140. The minimum Gasteiger partial charge on any atom is -0.507 e. The Labute approximate surface area is 232 Å². The number of likely N-dealkylation sites (tertiary alicyclic amines) is 1. The quantitative estimate of drug-likeness (QED) is 0.200. The number of carbonyl (C=O) groups excluding carboxylic acids is 2. The first kappa shape index (κ1) is 27.6. The number of aliphatic hydroxyl groups excluding tert-OH is 1. The molecule has 0 aromatic heterocycles. The Morgan fingerprint density at radius 2 is 1.63 bits per heavy atom. The molecular weight excluding hydrogens is 525 g/mol. The van der Waals surface area contributed by atoms with E-state index in [0.717, 1.165) is 11.1 Å². The first-order chi connectivity index (χ1) is 17.9. The number of halogens is 2. The number of nitrogens with zero attached hydrogens (tertiary/aromatic N) is 1. The monoisotopic (exact) mass is 553 g/mol. The Morgan fingerprint density at radius 1 is 1.00 bits per heavy atom. The zero-order valence-electron chi connectivity index (χ0n) is 21.8. The zero-order valence-corrected chi connectivity index (χ0v) is 23.4. The van der Waals surface area contributed by atoms with Gasteiger partial charge in [-0.3, -0.25) is 9.59 Å². The van der Waals surface area contributed by atoms with Gasteiger partial charge in [0.1, 0.15) is 17.1 Å². The van der Waals surface area contributed by atoms with E-state index in [2.05, 4.69) is 0 Å². The number of ketones is 1. The van der Waals surface area contributed by atoms with Gasteiger partial charge in [0.25, 0.3) is 11.7 Å². The van der Waals surface area contributed by atoms with E-state index in [1.807, 2.05) is 76.2 Å². The van der Waals surface area contributed by atoms with E-state index in [4.69, 9.17) is 32.7 Å². The van der Waals surface area contributed by atoms with Gasteiger partial charge in [-0.25, -0.2) is 0 Å². The van der Waals surface area contributed by atoms with E-state index < -0.39 is 17.7 Å². The predicted molar refractivity (Wildman–Crippen MR) is 149 cm³/mol. The van der Waals surface area contributed by atoms with Crippen LogP contribution in [0.2, 0.25) is 10.0 Å². The lowest BCUT2D eigenvalue weighted by atomic mass is 9.94. The van der Waals surface area contributed by atoms with Crippen LogP contribution in [-0.4, -0.2) is 34.4 Å². The van der Waals surface area contributed by atoms with Crippen LogP contribution in [0.4, 0.5) is 0 Å². The molecule has 1 saturated heterocycles. The smallest absolute Gasteiger partial charge is 0.295 e. The minimum atomic E-state index is -0.819. The van der Waals surface area contributed by atoms with Crippen LogP contribution in [0, 0.1) is 6.92 Å². The van der Waals surface area contributed by atoms with E-state index in [9.17, 15) is 14.7 Å². The molecule has 1 aliphatic rings. The maximum atomic E-state index is 13.4. The normalized spacial score (nSPS) is 17.1. The number of carbonyl (C=O) groups is 2. The molecule has 8 heteroatoms. The highest BCUT2D eigenvalue weighted by atomic mass is 35.5. The molecule has 1 N–H and O–H groups in total. The Balaban J connectivity index is 1.80. The molecule has 1 amide bonds. The molecule has 198 valence electrons. The highest BCUT2D eigenvalue weighted by molar-refractivity contribution is 6.46. The first-order valence-corrected chi connectivity index (χ1v) is 12.8. The summed E-state index contributed by atoms with van der Waals surface area (Å²) in [5.41, 5.74) is 2.28. The summed E-state index contributed by atoms with van der Waals surface area (Å²) in [6.07, 6.45) is 0. The summed E-state index contributed by atoms with van der Waals surface area (Å²) in [5, 5.41) is 11.7. The average Bonchev–Trinajstić information content (AvgIpc) is 3.08. The number of methoxy groups -OCH3 is 1. The van der Waals surface area contributed by atoms with Gasteiger partial charge in [-0.1, -0.05) is 65.2 Å². The number of aliphatic hydroxyl groups is 1. The molecule has 1 fully saturated rings. The van der Waals surface area contributed by atoms with Gasteiger partial charge in [0.15, 0.2) is 5.75 Å². The summed E-state index contributed by atoms with van der Waals surface area (Å²) in [5.74, 6) is -0.910. The molecule has 1 unspecified atom stereocenters. The molecule has 1 atom stereocenters. The Morgan fingerprint density at radius 3 is 2.18 bits per heavy atom. The summed E-state index contributed by atoms with van der Waals surface area (Å²) in [6.45, 7) is 7.97. The molecule has 4 rings (SSSR count). The lowest BCUT2D eigenvalue weighted by Crippen LogP contribution is -2.29. The largest absolute Gasteiger partial charge is 0.507 e. The molecule has 0 spiro atoms. The molecule has 3 aromatic carbocycles. The number of aryl methyl sites for hydroxylation is 1. The highest BCUT2D eigenvalue weighted by Gasteiger charge is 2.46. The van der Waals surface area contributed by atoms with E-state index >= 15 is 0 Å². The number of Topliss-reactive ketones (excluding diaryl/α,β-unsaturated/α-hetero) is 1. The van der Waals surface area contributed by atoms with Gasteiger partial charge in [0, 0.05) is 12.1 Å². The van der Waals surface area contributed by atoms with Gasteiger partial charge in [0.2, 0.25) is 0 Å². The molecule has 0 bridgehead atoms. The molecule has 0 saturated carbocycles. The number of hydrogen-bond acceptors (Lipinski definition) is 5. The minimum absolute atomic E-state index is 0.0365. The van der Waals surface area contributed by atoms with E-state index in [-0.39, 0.29) is 44.8 Å². The van der Waals surface area contributed by atoms with Crippen molar-refractivity contribution < 1.29 is 24.2 Å². The molecule has 1 aliphatic heterocycles. The van der Waals surface area contributed by atoms with Crippen LogP contribution in [0.25, 0.3) is 5.76 Å². The summed E-state index contributed by atoms with van der Waals surface area (Å²) in [4.78, 5) is 28.2. The summed E-state index contributed by atoms with van der Waals surface area (Å²) >= 11 is 12.6. The van der Waals surface area contributed by atoms with E-state index in [1.54, 1.807) is 0 Å². The van der Waals surface area contributed by atoms with Crippen molar-refractivity contribution >= 4 is 40.7 Å². The van der Waals surface area contributed by atoms with Crippen LogP contribution in [-0.2, 0) is 16.1 Å². The van der Waals surface area contributed by atoms with Gasteiger partial charge in [-0.05, 0) is 63.1 Å². The van der Waals surface area contributed by atoms with Crippen molar-refractivity contribution in [2.75, 3.05) is 7.11 Å². The maximum absolute atomic E-state index is 13.4. The van der Waals surface area contributed by atoms with Crippen LogP contribution in [0.3, 0.4) is 0 Å². The van der Waals surface area contributed by atoms with E-state index in [1.165, 1.54) is 24.1 Å². The summed E-state index contributed by atoms with van der Waals surface area (Å²) in [7, 11) is 1.43. The second kappa shape index (κ2) is 10.7. The van der Waals surface area contributed by atoms with Crippen molar-refractivity contribution in [3.05, 3.63) is 98.5 Å². The van der Waals surface area contributed by atoms with Crippen LogP contribution in [0.5, 0.6) is 11.5 Å². The van der Waals surface area contributed by atoms with Crippen molar-refractivity contribution in [1.29, 1.82) is 0 Å². The Kier molecular flexibility index (Phi) is 7.77. The van der Waals surface area contributed by atoms with Crippen LogP contribution >= 0.6 is 23.2 Å². The topological polar surface area (TPSA) is 76.1 Å². The standard InChI is InChI=1S/C30H29Cl2NO5/c1-17-7-6-8-19(13-17)25-24(26(34)20-14-22(31)28(37-5)23(32)15-20)27(35)29(36)33(25)16-18-9-11-21(12-10-18)38-30(2,3)4/h6-15,25,34H,16H2,1-5H3/b26-24+. The summed E-state index contributed by atoms with van der Waals surface area (Å²) < 4.78 is 11.1. The highest BCUT2D eigenvalue weighted by Crippen LogP contribution is 2.42. The third kappa shape index (κ3) is 5.66. The van der Waals surface area contributed by atoms with Crippen molar-refractivity contribution in [3.63, 3.8) is 0 Å². The number of hydrogen-bond donors (Lipinski definition) is 1. The molecule has 6 nitrogen and oxygen atoms in total. The Bertz CT molecular complexity index is 1400. The van der Waals surface area contributed by atoms with Crippen molar-refractivity contribution in [3.8, 4) is 11.5 Å². The van der Waals surface area contributed by atoms with Gasteiger partial charge < -0.3 is 19.5 Å². The Hall–Kier alpha value is -3.48. The van der Waals surface area contributed by atoms with Crippen molar-refractivity contribution in [2.24, 2.45) is 0 Å². The number of rotatable bonds is 6. The zero-order chi connectivity index (χ0) is 27.8. The molecular formula is C30H29Cl2NO5. The van der Waals surface area contributed by atoms with Crippen molar-refractivity contribution in [2.45, 2.75) is 45.9 Å². The average molecular weight is 554 g/mol. The van der Waals surface area contributed by atoms with Gasteiger partial charge >= 0.3 is 0 Å². The second-order valence-corrected chi connectivity index (χ2v) is 11.0. The van der Waals surface area contributed by atoms with Gasteiger partial charge in [0.05, 0.1) is 28.8 Å². The fourth-order valence-corrected chi connectivity index (χ4v) is 5.13. The first-order valence-electron chi connectivity index (χ1n) is 12.1. The number of benzene rings is 3. The second-order valence-electron chi connectivity index (χ2n) is 10.2. The molecule has 3 aromatic rings. The van der Waals surface area contributed by atoms with E-state index in [0.29, 0.717) is 11.3 Å². The van der Waals surface area contributed by atoms with Gasteiger partial charge in [-0.2, -0.15) is 0 Å². The third-order valence-corrected chi connectivity index (χ3v) is 6.64. The number of ether oxygens (including phenoxy) is 2. The van der Waals surface area contributed by atoms with Crippen LogP contribution in [0.15, 0.2) is 66.2 Å². The lowest BCUT2D eigenvalue weighted by Gasteiger charge is -2.26. The fraction of sp³-hybridized carbons (Fsp3) is 0.267. The fourth-order valence-electron chi connectivity index (χ4n) is 4.49. The van der Waals surface area contributed by atoms with Crippen LogP contribution < -0.4 is 9.47 Å². The van der Waals surface area contributed by atoms with Crippen LogP contribution in [0.1, 0.15) is 49.1 Å². The third-order valence-electron chi connectivity index (χ3n) is 6.07. The molecule has 0 aliphatic carbocycles. The van der Waals surface area contributed by atoms with Crippen molar-refractivity contribution in [1.82, 2.24) is 4.90 Å². The molecule has 38 heavy (non-hydrogen) atoms. The van der Waals surface area contributed by atoms with Gasteiger partial charge in [-0.15, -0.1) is 0 Å². The molecule has 1 heterocycles. The molecule has 0 radical (unpaired) electrons. The SMILES string of the molecule is COc1c(Cl)cc(/C(O)=C2\C(=O)C(=O)N(Cc3ccc(OC(C)(C)C)cc3)C2c2cccc(C)c2)cc1Cl. The number of amides is 1. The maximum Gasteiger partial charge on any atom is 0.295 e. The summed E-state index contributed by atoms with van der Waals surface area (Å²) in [6, 6.07) is 17.0.